The Balaban J connectivity index is 2.77. The van der Waals surface area contributed by atoms with E-state index in [9.17, 15) is 9.18 Å². The van der Waals surface area contributed by atoms with Crippen LogP contribution in [0.2, 0.25) is 5.02 Å². The molecule has 0 aliphatic rings. The minimum absolute atomic E-state index is 0.107. The number of hydrogen-bond donors (Lipinski definition) is 2. The highest BCUT2D eigenvalue weighted by Crippen LogP contribution is 2.20. The number of halogens is 2. The molecular formula is C10H11ClFNO2. The summed E-state index contributed by atoms with van der Waals surface area (Å²) in [5, 5.41) is 11.3. The summed E-state index contributed by atoms with van der Waals surface area (Å²) in [6.07, 6.45) is 0. The zero-order valence-corrected chi connectivity index (χ0v) is 8.94. The molecule has 1 aromatic rings. The lowest BCUT2D eigenvalue weighted by atomic mass is 10.1. The van der Waals surface area contributed by atoms with E-state index >= 15 is 0 Å². The Hall–Kier alpha value is -1.13. The Morgan fingerprint density at radius 3 is 2.87 bits per heavy atom. The fraction of sp³-hybridized carbons (Fsp3) is 0.300. The third kappa shape index (κ3) is 3.18. The zero-order chi connectivity index (χ0) is 11.4. The number of hydrogen-bond acceptors (Lipinski definition) is 2. The molecule has 0 bridgehead atoms. The van der Waals surface area contributed by atoms with Gasteiger partial charge in [-0.15, -0.1) is 0 Å². The van der Waals surface area contributed by atoms with E-state index in [4.69, 9.17) is 16.7 Å². The van der Waals surface area contributed by atoms with Crippen LogP contribution >= 0.6 is 11.6 Å². The van der Waals surface area contributed by atoms with Crippen molar-refractivity contribution in [1.82, 2.24) is 5.32 Å². The van der Waals surface area contributed by atoms with Gasteiger partial charge in [-0.1, -0.05) is 11.6 Å². The molecule has 0 heterocycles. The molecule has 1 amide bonds. The molecule has 0 unspecified atom stereocenters. The number of amides is 1. The summed E-state index contributed by atoms with van der Waals surface area (Å²) in [6, 6.07) is 2.77. The van der Waals surface area contributed by atoms with Crippen molar-refractivity contribution in [3.05, 3.63) is 34.1 Å². The summed E-state index contributed by atoms with van der Waals surface area (Å²) < 4.78 is 13.1. The monoisotopic (exact) mass is 231 g/mol. The predicted molar refractivity (Wildman–Crippen MR) is 55.1 cm³/mol. The second kappa shape index (κ2) is 5.09. The highest BCUT2D eigenvalue weighted by atomic mass is 35.5. The normalized spacial score (nSPS) is 10.1. The van der Waals surface area contributed by atoms with Gasteiger partial charge in [-0.25, -0.2) is 4.39 Å². The van der Waals surface area contributed by atoms with Crippen LogP contribution in [-0.4, -0.2) is 17.6 Å². The van der Waals surface area contributed by atoms with Crippen LogP contribution in [0.5, 0.6) is 0 Å². The molecule has 0 saturated heterocycles. The first-order valence-corrected chi connectivity index (χ1v) is 4.74. The van der Waals surface area contributed by atoms with Gasteiger partial charge in [-0.2, -0.15) is 0 Å². The SMILES string of the molecule is Cc1cc(Cl)c(CNC(=O)CO)cc1F. The molecule has 2 N–H and O–H groups in total. The second-order valence-corrected chi connectivity index (χ2v) is 3.53. The quantitative estimate of drug-likeness (QED) is 0.826. The minimum atomic E-state index is -0.591. The first-order chi connectivity index (χ1) is 7.04. The topological polar surface area (TPSA) is 49.3 Å². The third-order valence-corrected chi connectivity index (χ3v) is 2.30. The molecule has 0 atom stereocenters. The maximum atomic E-state index is 13.1. The average Bonchev–Trinajstić information content (AvgIpc) is 2.21. The van der Waals surface area contributed by atoms with Crippen LogP contribution in [0.3, 0.4) is 0 Å². The van der Waals surface area contributed by atoms with Crippen molar-refractivity contribution in [2.75, 3.05) is 6.61 Å². The summed E-state index contributed by atoms with van der Waals surface area (Å²) in [5.41, 5.74) is 0.943. The largest absolute Gasteiger partial charge is 0.387 e. The van der Waals surface area contributed by atoms with E-state index in [0.29, 0.717) is 16.1 Å². The summed E-state index contributed by atoms with van der Waals surface area (Å²) in [6.45, 7) is 1.12. The van der Waals surface area contributed by atoms with Crippen LogP contribution in [-0.2, 0) is 11.3 Å². The highest BCUT2D eigenvalue weighted by molar-refractivity contribution is 6.31. The lowest BCUT2D eigenvalue weighted by molar-refractivity contribution is -0.123. The highest BCUT2D eigenvalue weighted by Gasteiger charge is 2.06. The van der Waals surface area contributed by atoms with E-state index in [1.54, 1.807) is 6.92 Å². The van der Waals surface area contributed by atoms with Gasteiger partial charge in [0.05, 0.1) is 0 Å². The summed E-state index contributed by atoms with van der Waals surface area (Å²) in [7, 11) is 0. The zero-order valence-electron chi connectivity index (χ0n) is 8.18. The molecule has 1 aromatic carbocycles. The van der Waals surface area contributed by atoms with Crippen LogP contribution in [0, 0.1) is 12.7 Å². The van der Waals surface area contributed by atoms with E-state index in [0.717, 1.165) is 0 Å². The molecule has 3 nitrogen and oxygen atoms in total. The number of benzene rings is 1. The minimum Gasteiger partial charge on any atom is -0.387 e. The van der Waals surface area contributed by atoms with Crippen LogP contribution in [0.1, 0.15) is 11.1 Å². The van der Waals surface area contributed by atoms with Gasteiger partial charge in [0, 0.05) is 11.6 Å². The smallest absolute Gasteiger partial charge is 0.245 e. The summed E-state index contributed by atoms with van der Waals surface area (Å²) >= 11 is 5.85. The van der Waals surface area contributed by atoms with Gasteiger partial charge in [-0.05, 0) is 30.2 Å². The fourth-order valence-electron chi connectivity index (χ4n) is 1.07. The Labute approximate surface area is 91.9 Å². The number of nitrogens with one attached hydrogen (secondary N) is 1. The molecule has 0 fully saturated rings. The standard InChI is InChI=1S/C10H11ClFNO2/c1-6-2-8(11)7(3-9(6)12)4-13-10(15)5-14/h2-3,14H,4-5H2,1H3,(H,13,15). The first kappa shape index (κ1) is 11.9. The van der Waals surface area contributed by atoms with E-state index in [-0.39, 0.29) is 12.4 Å². The van der Waals surface area contributed by atoms with Crippen LogP contribution < -0.4 is 5.32 Å². The van der Waals surface area contributed by atoms with Gasteiger partial charge < -0.3 is 10.4 Å². The van der Waals surface area contributed by atoms with Gasteiger partial charge in [0.25, 0.3) is 0 Å². The molecule has 82 valence electrons. The Bertz CT molecular complexity index is 382. The number of rotatable bonds is 3. The van der Waals surface area contributed by atoms with E-state index in [1.165, 1.54) is 12.1 Å². The van der Waals surface area contributed by atoms with Gasteiger partial charge in [-0.3, -0.25) is 4.79 Å². The van der Waals surface area contributed by atoms with Gasteiger partial charge in [0.15, 0.2) is 0 Å². The maximum absolute atomic E-state index is 13.1. The molecule has 0 saturated carbocycles. The van der Waals surface area contributed by atoms with Crippen molar-refractivity contribution in [3.8, 4) is 0 Å². The predicted octanol–water partition coefficient (Wildman–Crippen LogP) is 1.40. The number of aryl methyl sites for hydroxylation is 1. The summed E-state index contributed by atoms with van der Waals surface area (Å²) in [5.74, 6) is -0.889. The Morgan fingerprint density at radius 2 is 2.27 bits per heavy atom. The summed E-state index contributed by atoms with van der Waals surface area (Å²) in [4.78, 5) is 10.8. The molecule has 0 radical (unpaired) electrons. The number of carbonyl (C=O) groups is 1. The molecule has 0 aliphatic heterocycles. The number of aliphatic hydroxyl groups excluding tert-OH is 1. The van der Waals surface area contributed by atoms with E-state index in [1.807, 2.05) is 0 Å². The Kier molecular flexibility index (Phi) is 4.05. The van der Waals surface area contributed by atoms with Gasteiger partial charge in [0.2, 0.25) is 5.91 Å². The Morgan fingerprint density at radius 1 is 1.60 bits per heavy atom. The molecule has 0 aliphatic carbocycles. The molecule has 15 heavy (non-hydrogen) atoms. The molecule has 1 rings (SSSR count). The first-order valence-electron chi connectivity index (χ1n) is 4.36. The van der Waals surface area contributed by atoms with Crippen molar-refractivity contribution in [3.63, 3.8) is 0 Å². The second-order valence-electron chi connectivity index (χ2n) is 3.13. The van der Waals surface area contributed by atoms with Crippen molar-refractivity contribution in [2.24, 2.45) is 0 Å². The van der Waals surface area contributed by atoms with Crippen LogP contribution in [0.15, 0.2) is 12.1 Å². The van der Waals surface area contributed by atoms with E-state index < -0.39 is 12.5 Å². The van der Waals surface area contributed by atoms with Gasteiger partial charge >= 0.3 is 0 Å². The number of aliphatic hydroxyl groups is 1. The van der Waals surface area contributed by atoms with Crippen LogP contribution in [0.25, 0.3) is 0 Å². The fourth-order valence-corrected chi connectivity index (χ4v) is 1.36. The van der Waals surface area contributed by atoms with Crippen molar-refractivity contribution < 1.29 is 14.3 Å². The number of carbonyl (C=O) groups excluding carboxylic acids is 1. The molecule has 0 spiro atoms. The van der Waals surface area contributed by atoms with Crippen molar-refractivity contribution in [2.45, 2.75) is 13.5 Å². The third-order valence-electron chi connectivity index (χ3n) is 1.95. The molecular weight excluding hydrogens is 221 g/mol. The van der Waals surface area contributed by atoms with Gasteiger partial charge in [0.1, 0.15) is 12.4 Å². The van der Waals surface area contributed by atoms with Crippen molar-refractivity contribution in [1.29, 1.82) is 0 Å². The lowest BCUT2D eigenvalue weighted by Gasteiger charge is -2.07. The van der Waals surface area contributed by atoms with Crippen LogP contribution in [0.4, 0.5) is 4.39 Å². The molecule has 0 aromatic heterocycles. The van der Waals surface area contributed by atoms with Crippen molar-refractivity contribution >= 4 is 17.5 Å². The maximum Gasteiger partial charge on any atom is 0.245 e. The lowest BCUT2D eigenvalue weighted by Crippen LogP contribution is -2.25. The van der Waals surface area contributed by atoms with E-state index in [2.05, 4.69) is 5.32 Å². The molecule has 5 heteroatoms. The average molecular weight is 232 g/mol.